The van der Waals surface area contributed by atoms with Crippen molar-refractivity contribution < 1.29 is 19.4 Å². The minimum atomic E-state index is -0.775. The standard InChI is InChI=1S/C43H72O4/c1-6-8-9-10-11-12-13-14-15-16-17-18-19-20-21-23-39(44)47-34-26-30-42(5)38-28-29-41(4)36(33(3)22-7-2)24-25-37(41)35(38)27-31-43(42,32-34)40(45)46/h7,14-15,33-38H,2,6,8-13,16-32H2,1,3-5H3,(H,45,46)/b15-14-/t33-,34+,35+,36-,37+,38+,41-,42-,43?/m1/s1. The molecule has 0 heterocycles. The molecule has 4 nitrogen and oxygen atoms in total. The molecule has 0 spiro atoms. The summed E-state index contributed by atoms with van der Waals surface area (Å²) in [5, 5.41) is 10.8. The van der Waals surface area contributed by atoms with Gasteiger partial charge in [-0.25, -0.2) is 0 Å². The molecule has 0 aromatic carbocycles. The summed E-state index contributed by atoms with van der Waals surface area (Å²) in [6.45, 7) is 13.6. The number of ether oxygens (including phenoxy) is 1. The van der Waals surface area contributed by atoms with E-state index in [-0.39, 0.29) is 17.5 Å². The predicted molar refractivity (Wildman–Crippen MR) is 195 cm³/mol. The van der Waals surface area contributed by atoms with Gasteiger partial charge in [-0.1, -0.05) is 97.3 Å². The Hall–Kier alpha value is -1.58. The number of carbonyl (C=O) groups is 2. The van der Waals surface area contributed by atoms with Gasteiger partial charge in [0.25, 0.3) is 0 Å². The van der Waals surface area contributed by atoms with E-state index in [0.717, 1.165) is 57.3 Å². The lowest BCUT2D eigenvalue weighted by atomic mass is 9.39. The van der Waals surface area contributed by atoms with Gasteiger partial charge in [-0.2, -0.15) is 0 Å². The van der Waals surface area contributed by atoms with E-state index in [1.165, 1.54) is 89.9 Å². The van der Waals surface area contributed by atoms with E-state index in [0.29, 0.717) is 41.9 Å². The van der Waals surface area contributed by atoms with E-state index in [1.807, 2.05) is 0 Å². The van der Waals surface area contributed by atoms with Crippen LogP contribution in [0.15, 0.2) is 24.8 Å². The van der Waals surface area contributed by atoms with E-state index in [1.54, 1.807) is 0 Å². The van der Waals surface area contributed by atoms with Crippen LogP contribution >= 0.6 is 0 Å². The van der Waals surface area contributed by atoms with Crippen LogP contribution in [0.1, 0.15) is 182 Å². The van der Waals surface area contributed by atoms with E-state index in [4.69, 9.17) is 4.74 Å². The zero-order valence-electron chi connectivity index (χ0n) is 31.0. The molecule has 0 aliphatic heterocycles. The van der Waals surface area contributed by atoms with Gasteiger partial charge in [0.15, 0.2) is 0 Å². The lowest BCUT2D eigenvalue weighted by molar-refractivity contribution is -0.207. The van der Waals surface area contributed by atoms with Crippen LogP contribution in [0.25, 0.3) is 0 Å². The van der Waals surface area contributed by atoms with E-state index in [9.17, 15) is 14.7 Å². The third-order valence-electron chi connectivity index (χ3n) is 14.5. The number of rotatable bonds is 20. The Labute approximate surface area is 289 Å². The van der Waals surface area contributed by atoms with Gasteiger partial charge in [0.05, 0.1) is 5.41 Å². The van der Waals surface area contributed by atoms with Crippen LogP contribution in [-0.4, -0.2) is 23.1 Å². The van der Waals surface area contributed by atoms with Crippen molar-refractivity contribution in [3.8, 4) is 0 Å². The van der Waals surface area contributed by atoms with Gasteiger partial charge in [0, 0.05) is 12.8 Å². The normalized spacial score (nSPS) is 35.5. The molecule has 4 aliphatic carbocycles. The maximum absolute atomic E-state index is 13.2. The number of aliphatic carboxylic acids is 1. The summed E-state index contributed by atoms with van der Waals surface area (Å²) < 4.78 is 6.04. The van der Waals surface area contributed by atoms with E-state index < -0.39 is 11.4 Å². The lowest BCUT2D eigenvalue weighted by Gasteiger charge is -2.64. The summed E-state index contributed by atoms with van der Waals surface area (Å²) in [5.41, 5.74) is -0.623. The summed E-state index contributed by atoms with van der Waals surface area (Å²) in [4.78, 5) is 26.1. The third-order valence-corrected chi connectivity index (χ3v) is 14.5. The number of esters is 1. The molecule has 268 valence electrons. The molecular weight excluding hydrogens is 580 g/mol. The van der Waals surface area contributed by atoms with Crippen molar-refractivity contribution in [2.24, 2.45) is 45.8 Å². The molecule has 1 unspecified atom stereocenters. The molecule has 0 aromatic rings. The summed E-state index contributed by atoms with van der Waals surface area (Å²) in [6, 6.07) is 0. The molecule has 47 heavy (non-hydrogen) atoms. The number of unbranched alkanes of at least 4 members (excludes halogenated alkanes) is 11. The van der Waals surface area contributed by atoms with Crippen LogP contribution in [0.2, 0.25) is 0 Å². The highest BCUT2D eigenvalue weighted by molar-refractivity contribution is 5.77. The molecule has 4 saturated carbocycles. The first-order valence-electron chi connectivity index (χ1n) is 20.3. The quantitative estimate of drug-likeness (QED) is 0.0807. The molecule has 0 amide bonds. The average Bonchev–Trinajstić information content (AvgIpc) is 3.40. The van der Waals surface area contributed by atoms with Crippen molar-refractivity contribution in [2.45, 2.75) is 188 Å². The Morgan fingerprint density at radius 1 is 0.830 bits per heavy atom. The van der Waals surface area contributed by atoms with Crippen molar-refractivity contribution in [3.63, 3.8) is 0 Å². The molecule has 4 aliphatic rings. The fourth-order valence-corrected chi connectivity index (χ4v) is 11.8. The molecule has 0 saturated heterocycles. The Morgan fingerprint density at radius 3 is 2.15 bits per heavy atom. The highest BCUT2D eigenvalue weighted by atomic mass is 16.5. The Bertz CT molecular complexity index is 1030. The first-order chi connectivity index (χ1) is 22.6. The van der Waals surface area contributed by atoms with Gasteiger partial charge in [-0.15, -0.1) is 6.58 Å². The lowest BCUT2D eigenvalue weighted by Crippen LogP contribution is -2.62. The SMILES string of the molecule is C=CC[C@@H](C)[C@H]1CC[C@H]2[C@@H]3CCC4(C(=O)O)C[C@@H](OC(=O)CCCCCCC/C=C\CCCCCCCC)CC[C@]4(C)[C@H]3CC[C@]12C. The monoisotopic (exact) mass is 653 g/mol. The number of hydrogen-bond donors (Lipinski definition) is 1. The largest absolute Gasteiger partial charge is 0.481 e. The summed E-state index contributed by atoms with van der Waals surface area (Å²) in [6.07, 6.45) is 33.2. The van der Waals surface area contributed by atoms with Crippen LogP contribution < -0.4 is 0 Å². The van der Waals surface area contributed by atoms with Crippen molar-refractivity contribution in [1.82, 2.24) is 0 Å². The number of fused-ring (bicyclic) bond motifs is 5. The molecule has 9 atom stereocenters. The fraction of sp³-hybridized carbons (Fsp3) is 0.860. The zero-order valence-corrected chi connectivity index (χ0v) is 31.0. The van der Waals surface area contributed by atoms with Gasteiger partial charge in [0.1, 0.15) is 6.10 Å². The van der Waals surface area contributed by atoms with Crippen LogP contribution in [-0.2, 0) is 14.3 Å². The second-order valence-electron chi connectivity index (χ2n) is 17.1. The van der Waals surface area contributed by atoms with E-state index in [2.05, 4.69) is 52.5 Å². The minimum Gasteiger partial charge on any atom is -0.481 e. The molecular formula is C43H72O4. The van der Waals surface area contributed by atoms with Gasteiger partial charge < -0.3 is 9.84 Å². The molecule has 0 bridgehead atoms. The van der Waals surface area contributed by atoms with Gasteiger partial charge in [-0.05, 0) is 130 Å². The van der Waals surface area contributed by atoms with Crippen molar-refractivity contribution in [1.29, 1.82) is 0 Å². The first-order valence-corrected chi connectivity index (χ1v) is 20.3. The summed E-state index contributed by atoms with van der Waals surface area (Å²) in [7, 11) is 0. The van der Waals surface area contributed by atoms with Crippen LogP contribution in [0.3, 0.4) is 0 Å². The smallest absolute Gasteiger partial charge is 0.310 e. The summed E-state index contributed by atoms with van der Waals surface area (Å²) in [5.74, 6) is 2.47. The maximum atomic E-state index is 13.2. The predicted octanol–water partition coefficient (Wildman–Crippen LogP) is 12.3. The molecule has 1 N–H and O–H groups in total. The van der Waals surface area contributed by atoms with Crippen molar-refractivity contribution in [3.05, 3.63) is 24.8 Å². The molecule has 0 radical (unpaired) electrons. The number of carbonyl (C=O) groups excluding carboxylic acids is 1. The van der Waals surface area contributed by atoms with Crippen LogP contribution in [0.5, 0.6) is 0 Å². The van der Waals surface area contributed by atoms with E-state index >= 15 is 0 Å². The molecule has 0 aromatic heterocycles. The molecule has 4 fully saturated rings. The zero-order chi connectivity index (χ0) is 33.9. The fourth-order valence-electron chi connectivity index (χ4n) is 11.8. The highest BCUT2D eigenvalue weighted by Crippen LogP contribution is 2.71. The topological polar surface area (TPSA) is 63.6 Å². The van der Waals surface area contributed by atoms with Gasteiger partial charge in [0.2, 0.25) is 0 Å². The summed E-state index contributed by atoms with van der Waals surface area (Å²) >= 11 is 0. The van der Waals surface area contributed by atoms with Gasteiger partial charge in [-0.3, -0.25) is 9.59 Å². The highest BCUT2D eigenvalue weighted by Gasteiger charge is 2.67. The first kappa shape index (κ1) is 38.2. The second kappa shape index (κ2) is 17.9. The minimum absolute atomic E-state index is 0.121. The Balaban J connectivity index is 1.18. The van der Waals surface area contributed by atoms with Crippen molar-refractivity contribution >= 4 is 11.9 Å². The average molecular weight is 653 g/mol. The molecule has 4 heteroatoms. The number of carboxylic acid groups (broad SMARTS) is 1. The Kier molecular flexibility index (Phi) is 14.5. The molecule has 4 rings (SSSR count). The van der Waals surface area contributed by atoms with Crippen molar-refractivity contribution in [2.75, 3.05) is 0 Å². The number of allylic oxidation sites excluding steroid dienone is 3. The second-order valence-corrected chi connectivity index (χ2v) is 17.1. The maximum Gasteiger partial charge on any atom is 0.310 e. The third kappa shape index (κ3) is 8.78. The van der Waals surface area contributed by atoms with Crippen LogP contribution in [0, 0.1) is 45.8 Å². The number of hydrogen-bond acceptors (Lipinski definition) is 3. The van der Waals surface area contributed by atoms with Gasteiger partial charge >= 0.3 is 11.9 Å². The number of carboxylic acids is 1. The Morgan fingerprint density at radius 2 is 1.49 bits per heavy atom. The van der Waals surface area contributed by atoms with Crippen LogP contribution in [0.4, 0.5) is 0 Å².